The Labute approximate surface area is 138 Å². The minimum Gasteiger partial charge on any atom is -0.310 e. The summed E-state index contributed by atoms with van der Waals surface area (Å²) < 4.78 is 1.23. The quantitative estimate of drug-likeness (QED) is 0.645. The zero-order valence-electron chi connectivity index (χ0n) is 11.9. The van der Waals surface area contributed by atoms with Crippen molar-refractivity contribution in [3.63, 3.8) is 0 Å². The van der Waals surface area contributed by atoms with Gasteiger partial charge in [0, 0.05) is 26.7 Å². The second-order valence-electron chi connectivity index (χ2n) is 4.68. The molecule has 4 heteroatoms. The summed E-state index contributed by atoms with van der Waals surface area (Å²) in [4.78, 5) is 2.73. The second kappa shape index (κ2) is 8.23. The lowest BCUT2D eigenvalue weighted by atomic mass is 10.0. The fourth-order valence-corrected chi connectivity index (χ4v) is 4.09. The molecule has 1 N–H and O–H groups in total. The summed E-state index contributed by atoms with van der Waals surface area (Å²) in [6.07, 6.45) is 4.31. The van der Waals surface area contributed by atoms with Crippen LogP contribution in [0.25, 0.3) is 0 Å². The maximum Gasteiger partial charge on any atom is 0.0369 e. The van der Waals surface area contributed by atoms with Gasteiger partial charge < -0.3 is 5.32 Å². The molecule has 0 saturated carbocycles. The average molecular weight is 370 g/mol. The standard InChI is InChI=1S/C16H20BrNS2/c1-3-9-18-15(11-16-14(17)8-10-20-16)12-4-6-13(19-2)7-5-12/h4-8,10,15,18H,3,9,11H2,1-2H3. The van der Waals surface area contributed by atoms with Crippen LogP contribution in [0.15, 0.2) is 45.1 Å². The van der Waals surface area contributed by atoms with Crippen molar-refractivity contribution in [1.29, 1.82) is 0 Å². The molecule has 0 amide bonds. The second-order valence-corrected chi connectivity index (χ2v) is 7.41. The number of benzene rings is 1. The zero-order chi connectivity index (χ0) is 14.4. The Bertz CT molecular complexity index is 522. The van der Waals surface area contributed by atoms with Gasteiger partial charge in [-0.2, -0.15) is 0 Å². The molecule has 0 spiro atoms. The fourth-order valence-electron chi connectivity index (χ4n) is 2.12. The normalized spacial score (nSPS) is 12.6. The summed E-state index contributed by atoms with van der Waals surface area (Å²) in [7, 11) is 0. The van der Waals surface area contributed by atoms with Gasteiger partial charge in [0.2, 0.25) is 0 Å². The van der Waals surface area contributed by atoms with Crippen LogP contribution in [0.2, 0.25) is 0 Å². The van der Waals surface area contributed by atoms with Crippen LogP contribution in [-0.2, 0) is 6.42 Å². The van der Waals surface area contributed by atoms with Gasteiger partial charge in [0.05, 0.1) is 0 Å². The van der Waals surface area contributed by atoms with Crippen molar-refractivity contribution in [3.8, 4) is 0 Å². The first-order chi connectivity index (χ1) is 9.74. The summed E-state index contributed by atoms with van der Waals surface area (Å²) in [5.41, 5.74) is 1.37. The molecule has 0 radical (unpaired) electrons. The number of rotatable bonds is 7. The van der Waals surface area contributed by atoms with E-state index in [4.69, 9.17) is 0 Å². The van der Waals surface area contributed by atoms with E-state index in [0.29, 0.717) is 6.04 Å². The molecule has 20 heavy (non-hydrogen) atoms. The monoisotopic (exact) mass is 369 g/mol. The predicted molar refractivity (Wildman–Crippen MR) is 95.0 cm³/mol. The van der Waals surface area contributed by atoms with Crippen LogP contribution in [0, 0.1) is 0 Å². The number of halogens is 1. The van der Waals surface area contributed by atoms with E-state index < -0.39 is 0 Å². The maximum atomic E-state index is 3.67. The van der Waals surface area contributed by atoms with E-state index in [-0.39, 0.29) is 0 Å². The number of hydrogen-bond acceptors (Lipinski definition) is 3. The van der Waals surface area contributed by atoms with Crippen molar-refractivity contribution in [1.82, 2.24) is 5.32 Å². The molecule has 0 aliphatic rings. The molecule has 0 aliphatic carbocycles. The summed E-state index contributed by atoms with van der Waals surface area (Å²) in [6.45, 7) is 3.26. The van der Waals surface area contributed by atoms with Gasteiger partial charge in [-0.05, 0) is 64.3 Å². The van der Waals surface area contributed by atoms with Gasteiger partial charge >= 0.3 is 0 Å². The van der Waals surface area contributed by atoms with E-state index in [1.165, 1.54) is 19.8 Å². The topological polar surface area (TPSA) is 12.0 Å². The Kier molecular flexibility index (Phi) is 6.62. The summed E-state index contributed by atoms with van der Waals surface area (Å²) in [6, 6.07) is 11.4. The Morgan fingerprint density at radius 1 is 1.25 bits per heavy atom. The van der Waals surface area contributed by atoms with E-state index in [9.17, 15) is 0 Å². The molecule has 2 rings (SSSR count). The lowest BCUT2D eigenvalue weighted by Gasteiger charge is -2.19. The molecule has 1 nitrogen and oxygen atoms in total. The predicted octanol–water partition coefficient (Wildman–Crippen LogP) is 5.52. The van der Waals surface area contributed by atoms with Gasteiger partial charge in [-0.3, -0.25) is 0 Å². The van der Waals surface area contributed by atoms with Crippen LogP contribution in [-0.4, -0.2) is 12.8 Å². The van der Waals surface area contributed by atoms with Gasteiger partial charge in [0.15, 0.2) is 0 Å². The maximum absolute atomic E-state index is 3.67. The van der Waals surface area contributed by atoms with Gasteiger partial charge in [-0.25, -0.2) is 0 Å². The summed E-state index contributed by atoms with van der Waals surface area (Å²) in [5, 5.41) is 5.81. The molecule has 2 aromatic rings. The molecule has 108 valence electrons. The van der Waals surface area contributed by atoms with Gasteiger partial charge in [-0.1, -0.05) is 19.1 Å². The first-order valence-corrected chi connectivity index (χ1v) is 9.73. The van der Waals surface area contributed by atoms with Crippen LogP contribution in [0.5, 0.6) is 0 Å². The van der Waals surface area contributed by atoms with Crippen molar-refractivity contribution in [2.75, 3.05) is 12.8 Å². The van der Waals surface area contributed by atoms with Crippen molar-refractivity contribution in [3.05, 3.63) is 50.6 Å². The third-order valence-corrected chi connectivity index (χ3v) is 5.93. The number of hydrogen-bond donors (Lipinski definition) is 1. The molecule has 0 fully saturated rings. The average Bonchev–Trinajstić information content (AvgIpc) is 2.89. The van der Waals surface area contributed by atoms with Crippen LogP contribution < -0.4 is 5.32 Å². The number of thiophene rings is 1. The highest BCUT2D eigenvalue weighted by Gasteiger charge is 2.14. The smallest absolute Gasteiger partial charge is 0.0369 e. The zero-order valence-corrected chi connectivity index (χ0v) is 15.1. The van der Waals surface area contributed by atoms with E-state index in [1.807, 2.05) is 11.3 Å². The van der Waals surface area contributed by atoms with E-state index >= 15 is 0 Å². The van der Waals surface area contributed by atoms with Crippen molar-refractivity contribution >= 4 is 39.0 Å². The Morgan fingerprint density at radius 3 is 2.55 bits per heavy atom. The number of nitrogens with one attached hydrogen (secondary N) is 1. The van der Waals surface area contributed by atoms with Gasteiger partial charge in [0.1, 0.15) is 0 Å². The minimum absolute atomic E-state index is 0.390. The largest absolute Gasteiger partial charge is 0.310 e. The first-order valence-electron chi connectivity index (χ1n) is 6.83. The first kappa shape index (κ1) is 16.1. The SMILES string of the molecule is CCCNC(Cc1sccc1Br)c1ccc(SC)cc1. The molecule has 1 atom stereocenters. The van der Waals surface area contributed by atoms with Crippen molar-refractivity contribution in [2.24, 2.45) is 0 Å². The molecular formula is C16H20BrNS2. The Balaban J connectivity index is 2.15. The molecule has 1 unspecified atom stereocenters. The summed E-state index contributed by atoms with van der Waals surface area (Å²) >= 11 is 7.25. The fraction of sp³-hybridized carbons (Fsp3) is 0.375. The Morgan fingerprint density at radius 2 is 2.00 bits per heavy atom. The van der Waals surface area contributed by atoms with Crippen LogP contribution >= 0.6 is 39.0 Å². The molecule has 1 aromatic carbocycles. The number of thioether (sulfide) groups is 1. The highest BCUT2D eigenvalue weighted by molar-refractivity contribution is 9.10. The molecule has 1 aromatic heterocycles. The molecule has 0 aliphatic heterocycles. The lowest BCUT2D eigenvalue weighted by Crippen LogP contribution is -2.23. The van der Waals surface area contributed by atoms with Crippen LogP contribution in [0.3, 0.4) is 0 Å². The van der Waals surface area contributed by atoms with Crippen LogP contribution in [0.1, 0.15) is 29.8 Å². The van der Waals surface area contributed by atoms with Crippen LogP contribution in [0.4, 0.5) is 0 Å². The Hall–Kier alpha value is -0.290. The van der Waals surface area contributed by atoms with E-state index in [1.54, 1.807) is 11.8 Å². The van der Waals surface area contributed by atoms with Crippen molar-refractivity contribution in [2.45, 2.75) is 30.7 Å². The molecule has 0 bridgehead atoms. The summed E-state index contributed by atoms with van der Waals surface area (Å²) in [5.74, 6) is 0. The molecule has 1 heterocycles. The highest BCUT2D eigenvalue weighted by atomic mass is 79.9. The van der Waals surface area contributed by atoms with E-state index in [0.717, 1.165) is 19.4 Å². The lowest BCUT2D eigenvalue weighted by molar-refractivity contribution is 0.531. The molecule has 0 saturated heterocycles. The minimum atomic E-state index is 0.390. The highest BCUT2D eigenvalue weighted by Crippen LogP contribution is 2.29. The van der Waals surface area contributed by atoms with Gasteiger partial charge in [-0.15, -0.1) is 23.1 Å². The molecular weight excluding hydrogens is 350 g/mol. The third kappa shape index (κ3) is 4.35. The third-order valence-electron chi connectivity index (χ3n) is 3.24. The van der Waals surface area contributed by atoms with E-state index in [2.05, 4.69) is 70.1 Å². The van der Waals surface area contributed by atoms with Gasteiger partial charge in [0.25, 0.3) is 0 Å². The van der Waals surface area contributed by atoms with Crippen molar-refractivity contribution < 1.29 is 0 Å².